The Hall–Kier alpha value is -2.62. The molecule has 0 aliphatic heterocycles. The summed E-state index contributed by atoms with van der Waals surface area (Å²) < 4.78 is 6.41. The topological polar surface area (TPSA) is 52.4 Å². The second-order valence-electron chi connectivity index (χ2n) is 9.40. The van der Waals surface area contributed by atoms with Crippen molar-refractivity contribution in [3.63, 3.8) is 0 Å². The summed E-state index contributed by atoms with van der Waals surface area (Å²) in [6.07, 6.45) is 3.47. The number of nitro groups is 1. The molecule has 0 aromatic heterocycles. The second-order valence-corrected chi connectivity index (χ2v) is 9.40. The molecule has 2 aromatic rings. The molecule has 0 heterocycles. The minimum Gasteiger partial charge on any atom is -0.487 e. The molecule has 3 aliphatic carbocycles. The first-order valence-corrected chi connectivity index (χ1v) is 10.6. The summed E-state index contributed by atoms with van der Waals surface area (Å²) in [7, 11) is 0. The highest BCUT2D eigenvalue weighted by Gasteiger charge is 2.60. The van der Waals surface area contributed by atoms with Crippen LogP contribution in [0.5, 0.6) is 5.75 Å². The zero-order valence-electron chi connectivity index (χ0n) is 17.2. The van der Waals surface area contributed by atoms with E-state index >= 15 is 0 Å². The Morgan fingerprint density at radius 2 is 1.79 bits per heavy atom. The third kappa shape index (κ3) is 2.97. The van der Waals surface area contributed by atoms with Gasteiger partial charge in [0.25, 0.3) is 5.69 Å². The lowest BCUT2D eigenvalue weighted by atomic mass is 9.80. The fraction of sp³-hybridized carbons (Fsp3) is 0.440. The van der Waals surface area contributed by atoms with Crippen molar-refractivity contribution < 1.29 is 9.66 Å². The van der Waals surface area contributed by atoms with E-state index in [1.807, 2.05) is 0 Å². The number of allylic oxidation sites excluding steroid dienone is 1. The first-order valence-electron chi connectivity index (χ1n) is 10.6. The molecule has 0 bridgehead atoms. The van der Waals surface area contributed by atoms with Gasteiger partial charge in [-0.25, -0.2) is 0 Å². The first-order chi connectivity index (χ1) is 13.9. The number of hydrogen-bond acceptors (Lipinski definition) is 3. The normalized spacial score (nSPS) is 27.6. The minimum absolute atomic E-state index is 0.0944. The van der Waals surface area contributed by atoms with Crippen molar-refractivity contribution in [3.8, 4) is 5.75 Å². The molecule has 4 nitrogen and oxygen atoms in total. The van der Waals surface area contributed by atoms with Crippen molar-refractivity contribution >= 4 is 5.69 Å². The van der Waals surface area contributed by atoms with Gasteiger partial charge >= 0.3 is 0 Å². The Balaban J connectivity index is 1.37. The van der Waals surface area contributed by atoms with Crippen LogP contribution in [0.1, 0.15) is 50.7 Å². The molecule has 0 radical (unpaired) electrons. The Morgan fingerprint density at radius 1 is 1.07 bits per heavy atom. The van der Waals surface area contributed by atoms with E-state index in [1.54, 1.807) is 28.8 Å². The molecule has 1 saturated carbocycles. The quantitative estimate of drug-likeness (QED) is 0.354. The van der Waals surface area contributed by atoms with Gasteiger partial charge in [0, 0.05) is 18.1 Å². The minimum atomic E-state index is -0.375. The van der Waals surface area contributed by atoms with Gasteiger partial charge in [-0.2, -0.15) is 0 Å². The van der Waals surface area contributed by atoms with Gasteiger partial charge in [0.1, 0.15) is 11.4 Å². The van der Waals surface area contributed by atoms with Gasteiger partial charge in [-0.05, 0) is 81.0 Å². The molecule has 0 saturated heterocycles. The number of hydrogen-bond donors (Lipinski definition) is 0. The molecule has 0 spiro atoms. The molecule has 0 unspecified atom stereocenters. The number of fused-ring (bicyclic) bond motifs is 3. The number of rotatable bonds is 5. The summed E-state index contributed by atoms with van der Waals surface area (Å²) in [5.74, 6) is 3.20. The van der Waals surface area contributed by atoms with Crippen LogP contribution in [-0.2, 0) is 6.42 Å². The van der Waals surface area contributed by atoms with Crippen LogP contribution in [0.2, 0.25) is 0 Å². The number of nitro benzene ring substituents is 1. The van der Waals surface area contributed by atoms with Crippen LogP contribution in [0.25, 0.3) is 0 Å². The average Bonchev–Trinajstić information content (AvgIpc) is 3.04. The van der Waals surface area contributed by atoms with Crippen LogP contribution in [0.4, 0.5) is 5.69 Å². The number of ether oxygens (including phenoxy) is 1. The van der Waals surface area contributed by atoms with Gasteiger partial charge < -0.3 is 4.74 Å². The van der Waals surface area contributed by atoms with E-state index in [0.29, 0.717) is 23.5 Å². The van der Waals surface area contributed by atoms with Crippen LogP contribution >= 0.6 is 0 Å². The second kappa shape index (κ2) is 6.45. The zero-order chi connectivity index (χ0) is 20.3. The first kappa shape index (κ1) is 18.4. The lowest BCUT2D eigenvalue weighted by Gasteiger charge is -2.35. The maximum absolute atomic E-state index is 10.9. The zero-order valence-corrected chi connectivity index (χ0v) is 17.2. The van der Waals surface area contributed by atoms with Gasteiger partial charge in [-0.15, -0.1) is 0 Å². The molecular weight excluding hydrogens is 362 g/mol. The maximum atomic E-state index is 10.9. The monoisotopic (exact) mass is 389 g/mol. The van der Waals surface area contributed by atoms with Crippen LogP contribution in [0.15, 0.2) is 59.7 Å². The van der Waals surface area contributed by atoms with Gasteiger partial charge in [-0.3, -0.25) is 10.1 Å². The van der Waals surface area contributed by atoms with Gasteiger partial charge in [0.15, 0.2) is 0 Å². The van der Waals surface area contributed by atoms with Crippen molar-refractivity contribution in [2.45, 2.75) is 51.6 Å². The Morgan fingerprint density at radius 3 is 2.52 bits per heavy atom. The van der Waals surface area contributed by atoms with Crippen molar-refractivity contribution in [3.05, 3.63) is 80.9 Å². The van der Waals surface area contributed by atoms with Crippen LogP contribution in [-0.4, -0.2) is 10.5 Å². The summed E-state index contributed by atoms with van der Waals surface area (Å²) in [6, 6.07) is 15.4. The van der Waals surface area contributed by atoms with Crippen molar-refractivity contribution in [2.75, 3.05) is 0 Å². The van der Waals surface area contributed by atoms with Crippen LogP contribution in [0.3, 0.4) is 0 Å². The van der Waals surface area contributed by atoms with E-state index in [0.717, 1.165) is 18.8 Å². The predicted molar refractivity (Wildman–Crippen MR) is 113 cm³/mol. The lowest BCUT2D eigenvalue weighted by molar-refractivity contribution is -0.384. The van der Waals surface area contributed by atoms with Crippen molar-refractivity contribution in [1.29, 1.82) is 0 Å². The van der Waals surface area contributed by atoms with Gasteiger partial charge in [-0.1, -0.05) is 35.4 Å². The molecule has 5 rings (SSSR count). The predicted octanol–water partition coefficient (Wildman–Crippen LogP) is 6.06. The molecule has 1 fully saturated rings. The van der Waals surface area contributed by atoms with E-state index < -0.39 is 0 Å². The average molecular weight is 389 g/mol. The van der Waals surface area contributed by atoms with Crippen molar-refractivity contribution in [2.24, 2.45) is 17.8 Å². The molecule has 0 N–H and O–H groups in total. The molecule has 0 amide bonds. The van der Waals surface area contributed by atoms with E-state index in [4.69, 9.17) is 4.74 Å². The third-order valence-electron chi connectivity index (χ3n) is 7.34. The largest absolute Gasteiger partial charge is 0.487 e. The van der Waals surface area contributed by atoms with Gasteiger partial charge in [0.05, 0.1) is 4.92 Å². The van der Waals surface area contributed by atoms with Crippen LogP contribution < -0.4 is 4.74 Å². The highest BCUT2D eigenvalue weighted by atomic mass is 16.6. The SMILES string of the molecule is CC1=C([C@H]2[C@H]3Cc4ccccc4[C@H]32)[C@@H](C(C)(C)Oc2ccc([N+](=O)[O-])cc2)CC1. The molecule has 150 valence electrons. The smallest absolute Gasteiger partial charge is 0.269 e. The molecule has 3 aliphatic rings. The molecule has 4 heteroatoms. The summed E-state index contributed by atoms with van der Waals surface area (Å²) in [4.78, 5) is 10.5. The summed E-state index contributed by atoms with van der Waals surface area (Å²) >= 11 is 0. The fourth-order valence-corrected chi connectivity index (χ4v) is 5.98. The summed E-state index contributed by atoms with van der Waals surface area (Å²) in [6.45, 7) is 6.64. The number of benzene rings is 2. The summed E-state index contributed by atoms with van der Waals surface area (Å²) in [5.41, 5.74) is 6.01. The van der Waals surface area contributed by atoms with Gasteiger partial charge in [0.2, 0.25) is 0 Å². The standard InChI is InChI=1S/C25H27NO3/c1-15-8-13-21(25(2,3)29-18-11-9-17(10-12-18)26(27)28)22(15)24-20-14-16-6-4-5-7-19(16)23(20)24/h4-7,9-12,20-21,23-24H,8,13-14H2,1-3H3/t20-,21-,23+,24+/m0/s1. The molecule has 2 aromatic carbocycles. The highest BCUT2D eigenvalue weighted by molar-refractivity contribution is 5.49. The third-order valence-corrected chi connectivity index (χ3v) is 7.34. The molecular formula is C25H27NO3. The fourth-order valence-electron chi connectivity index (χ4n) is 5.98. The summed E-state index contributed by atoms with van der Waals surface area (Å²) in [5, 5.41) is 10.9. The van der Waals surface area contributed by atoms with Crippen molar-refractivity contribution in [1.82, 2.24) is 0 Å². The lowest BCUT2D eigenvalue weighted by Crippen LogP contribution is -2.38. The van der Waals surface area contributed by atoms with E-state index in [2.05, 4.69) is 45.0 Å². The molecule has 29 heavy (non-hydrogen) atoms. The van der Waals surface area contributed by atoms with E-state index in [-0.39, 0.29) is 16.2 Å². The van der Waals surface area contributed by atoms with E-state index in [9.17, 15) is 10.1 Å². The Kier molecular flexibility index (Phi) is 4.09. The molecule has 4 atom stereocenters. The Labute approximate surface area is 171 Å². The maximum Gasteiger partial charge on any atom is 0.269 e. The Bertz CT molecular complexity index is 1000. The highest BCUT2D eigenvalue weighted by Crippen LogP contribution is 2.67. The van der Waals surface area contributed by atoms with Crippen LogP contribution in [0, 0.1) is 27.9 Å². The number of nitrogens with zero attached hydrogens (tertiary/aromatic N) is 1. The number of non-ortho nitro benzene ring substituents is 1. The van der Waals surface area contributed by atoms with E-state index in [1.165, 1.54) is 24.1 Å².